The van der Waals surface area contributed by atoms with Gasteiger partial charge in [0.15, 0.2) is 17.6 Å². The first-order valence-electron chi connectivity index (χ1n) is 10.9. The molecule has 2 aliphatic rings. The van der Waals surface area contributed by atoms with Gasteiger partial charge in [-0.25, -0.2) is 8.42 Å². The van der Waals surface area contributed by atoms with Crippen LogP contribution in [0.5, 0.6) is 17.2 Å². The van der Waals surface area contributed by atoms with E-state index in [0.29, 0.717) is 29.5 Å². The molecule has 0 saturated carbocycles. The van der Waals surface area contributed by atoms with Crippen LogP contribution in [0.2, 0.25) is 0 Å². The molecular weight excluding hydrogens is 456 g/mol. The smallest absolute Gasteiger partial charge is 0.264 e. The summed E-state index contributed by atoms with van der Waals surface area (Å²) in [6.45, 7) is 2.21. The van der Waals surface area contributed by atoms with Gasteiger partial charge in [-0.2, -0.15) is 0 Å². The molecule has 1 amide bonds. The van der Waals surface area contributed by atoms with Crippen LogP contribution in [0.4, 0.5) is 5.69 Å². The Bertz CT molecular complexity index is 1310. The van der Waals surface area contributed by atoms with E-state index in [1.807, 2.05) is 31.2 Å². The predicted octanol–water partition coefficient (Wildman–Crippen LogP) is 2.91. The summed E-state index contributed by atoms with van der Waals surface area (Å²) in [5, 5.41) is 2.82. The highest BCUT2D eigenvalue weighted by atomic mass is 32.2. The van der Waals surface area contributed by atoms with Gasteiger partial charge >= 0.3 is 0 Å². The van der Waals surface area contributed by atoms with Gasteiger partial charge in [-0.1, -0.05) is 36.4 Å². The van der Waals surface area contributed by atoms with Crippen molar-refractivity contribution in [2.45, 2.75) is 24.0 Å². The molecule has 0 unspecified atom stereocenters. The van der Waals surface area contributed by atoms with E-state index >= 15 is 0 Å². The number of rotatable bonds is 5. The maximum absolute atomic E-state index is 13.4. The number of benzene rings is 3. The molecule has 5 rings (SSSR count). The van der Waals surface area contributed by atoms with Crippen LogP contribution in [0.15, 0.2) is 77.7 Å². The quantitative estimate of drug-likeness (QED) is 0.604. The number of hydrogen-bond acceptors (Lipinski definition) is 6. The summed E-state index contributed by atoms with van der Waals surface area (Å²) >= 11 is 0. The highest BCUT2D eigenvalue weighted by Gasteiger charge is 2.38. The number of nitrogens with one attached hydrogen (secondary N) is 1. The van der Waals surface area contributed by atoms with Gasteiger partial charge in [-0.3, -0.25) is 9.10 Å². The molecule has 34 heavy (non-hydrogen) atoms. The minimum absolute atomic E-state index is 0.147. The summed E-state index contributed by atoms with van der Waals surface area (Å²) in [6, 6.07) is 20.7. The average Bonchev–Trinajstić information content (AvgIpc) is 2.86. The lowest BCUT2D eigenvalue weighted by molar-refractivity contribution is -0.128. The zero-order valence-corrected chi connectivity index (χ0v) is 19.3. The second-order valence-electron chi connectivity index (χ2n) is 8.17. The van der Waals surface area contributed by atoms with Crippen LogP contribution >= 0.6 is 0 Å². The van der Waals surface area contributed by atoms with E-state index in [4.69, 9.17) is 14.2 Å². The Morgan fingerprint density at radius 1 is 0.971 bits per heavy atom. The van der Waals surface area contributed by atoms with Gasteiger partial charge in [-0.15, -0.1) is 0 Å². The first-order valence-corrected chi connectivity index (χ1v) is 12.4. The van der Waals surface area contributed by atoms with Crippen LogP contribution in [-0.2, 0) is 14.8 Å². The number of sulfonamides is 1. The van der Waals surface area contributed by atoms with Crippen LogP contribution < -0.4 is 23.8 Å². The highest BCUT2D eigenvalue weighted by Crippen LogP contribution is 2.37. The molecule has 3 aromatic carbocycles. The van der Waals surface area contributed by atoms with E-state index < -0.39 is 22.0 Å². The van der Waals surface area contributed by atoms with E-state index in [-0.39, 0.29) is 24.1 Å². The van der Waals surface area contributed by atoms with Crippen LogP contribution in [0.3, 0.4) is 0 Å². The number of ether oxygens (including phenoxy) is 3. The second-order valence-corrected chi connectivity index (χ2v) is 10.0. The minimum atomic E-state index is -3.89. The first-order chi connectivity index (χ1) is 16.4. The number of amides is 1. The molecular formula is C25H24N2O6S. The van der Waals surface area contributed by atoms with Crippen LogP contribution in [0, 0.1) is 6.92 Å². The molecule has 0 bridgehead atoms. The molecule has 0 aliphatic carbocycles. The Morgan fingerprint density at radius 2 is 1.71 bits per heavy atom. The molecule has 2 atom stereocenters. The normalized spacial score (nSPS) is 19.0. The van der Waals surface area contributed by atoms with Crippen molar-refractivity contribution in [2.75, 3.05) is 24.0 Å². The molecule has 0 aromatic heterocycles. The lowest BCUT2D eigenvalue weighted by atomic mass is 10.1. The molecule has 9 heteroatoms. The Kier molecular flexibility index (Phi) is 5.79. The topological polar surface area (TPSA) is 94.2 Å². The number of hydrogen-bond donors (Lipinski definition) is 1. The van der Waals surface area contributed by atoms with Crippen molar-refractivity contribution in [3.05, 3.63) is 78.4 Å². The molecule has 8 nitrogen and oxygen atoms in total. The third-order valence-electron chi connectivity index (χ3n) is 5.68. The van der Waals surface area contributed by atoms with Gasteiger partial charge in [0.25, 0.3) is 15.9 Å². The molecule has 0 fully saturated rings. The van der Waals surface area contributed by atoms with Crippen molar-refractivity contribution >= 4 is 21.6 Å². The number of carbonyl (C=O) groups excluding carboxylic acids is 1. The Labute approximate surface area is 198 Å². The number of fused-ring (bicyclic) bond motifs is 2. The van der Waals surface area contributed by atoms with Crippen molar-refractivity contribution in [3.63, 3.8) is 0 Å². The molecule has 0 saturated heterocycles. The third kappa shape index (κ3) is 4.26. The molecule has 3 aromatic rings. The van der Waals surface area contributed by atoms with Gasteiger partial charge in [0.1, 0.15) is 18.5 Å². The van der Waals surface area contributed by atoms with Gasteiger partial charge < -0.3 is 19.5 Å². The summed E-state index contributed by atoms with van der Waals surface area (Å²) in [4.78, 5) is 13.2. The van der Waals surface area contributed by atoms with Crippen LogP contribution in [0.1, 0.15) is 5.56 Å². The molecule has 1 N–H and O–H groups in total. The summed E-state index contributed by atoms with van der Waals surface area (Å²) in [6.07, 6.45) is -1.40. The van der Waals surface area contributed by atoms with E-state index in [9.17, 15) is 13.2 Å². The third-order valence-corrected chi connectivity index (χ3v) is 7.47. The molecule has 176 valence electrons. The summed E-state index contributed by atoms with van der Waals surface area (Å²) in [7, 11) is -3.89. The zero-order chi connectivity index (χ0) is 23.7. The van der Waals surface area contributed by atoms with Crippen molar-refractivity contribution in [3.8, 4) is 17.2 Å². The van der Waals surface area contributed by atoms with Gasteiger partial charge in [0, 0.05) is 0 Å². The van der Waals surface area contributed by atoms with E-state index in [2.05, 4.69) is 5.32 Å². The lowest BCUT2D eigenvalue weighted by Crippen LogP contribution is -2.52. The lowest BCUT2D eigenvalue weighted by Gasteiger charge is -2.35. The van der Waals surface area contributed by atoms with Gasteiger partial charge in [-0.05, 0) is 48.9 Å². The molecule has 2 aliphatic heterocycles. The first kappa shape index (κ1) is 22.1. The standard InChI is InChI=1S/C25H24N2O6S/c1-17-11-12-20-23(13-17)33-24(15-27(20)34(29,30)19-7-3-2-4-8-19)25(28)26-14-18-16-31-21-9-5-6-10-22(21)32-18/h2-13,18,24H,14-16H2,1H3,(H,26,28)/t18-,24+/m1/s1. The Balaban J connectivity index is 1.34. The maximum Gasteiger partial charge on any atom is 0.264 e. The highest BCUT2D eigenvalue weighted by molar-refractivity contribution is 7.92. The Morgan fingerprint density at radius 3 is 2.50 bits per heavy atom. The van der Waals surface area contributed by atoms with Crippen molar-refractivity contribution < 1.29 is 27.4 Å². The van der Waals surface area contributed by atoms with Gasteiger partial charge in [0.2, 0.25) is 0 Å². The number of nitrogens with zero attached hydrogens (tertiary/aromatic N) is 1. The fraction of sp³-hybridized carbons (Fsp3) is 0.240. The number of aryl methyl sites for hydroxylation is 1. The van der Waals surface area contributed by atoms with Crippen molar-refractivity contribution in [1.29, 1.82) is 0 Å². The predicted molar refractivity (Wildman–Crippen MR) is 126 cm³/mol. The summed E-state index contributed by atoms with van der Waals surface area (Å²) < 4.78 is 45.6. The maximum atomic E-state index is 13.4. The number of anilines is 1. The van der Waals surface area contributed by atoms with Crippen LogP contribution in [-0.4, -0.2) is 46.2 Å². The molecule has 2 heterocycles. The second kappa shape index (κ2) is 8.90. The minimum Gasteiger partial charge on any atom is -0.486 e. The Hall–Kier alpha value is -3.72. The molecule has 0 spiro atoms. The van der Waals surface area contributed by atoms with Crippen molar-refractivity contribution in [1.82, 2.24) is 5.32 Å². The zero-order valence-electron chi connectivity index (χ0n) is 18.5. The molecule has 0 radical (unpaired) electrons. The van der Waals surface area contributed by atoms with Crippen molar-refractivity contribution in [2.24, 2.45) is 0 Å². The van der Waals surface area contributed by atoms with E-state index in [0.717, 1.165) is 5.56 Å². The largest absolute Gasteiger partial charge is 0.486 e. The van der Waals surface area contributed by atoms with Gasteiger partial charge in [0.05, 0.1) is 23.7 Å². The number of carbonyl (C=O) groups is 1. The monoisotopic (exact) mass is 480 g/mol. The van der Waals surface area contributed by atoms with Crippen LogP contribution in [0.25, 0.3) is 0 Å². The average molecular weight is 481 g/mol. The fourth-order valence-electron chi connectivity index (χ4n) is 3.94. The van der Waals surface area contributed by atoms with E-state index in [1.165, 1.54) is 16.4 Å². The summed E-state index contributed by atoms with van der Waals surface area (Å²) in [5.41, 5.74) is 1.29. The number of para-hydroxylation sites is 2. The fourth-order valence-corrected chi connectivity index (χ4v) is 5.43. The van der Waals surface area contributed by atoms with E-state index in [1.54, 1.807) is 36.4 Å². The SMILES string of the molecule is Cc1ccc2c(c1)O[C@H](C(=O)NC[C@@H]1COc3ccccc3O1)CN2S(=O)(=O)c1ccccc1. The summed E-state index contributed by atoms with van der Waals surface area (Å²) in [5.74, 6) is 1.20.